The fraction of sp³-hybridized carbons (Fsp3) is 0.263. The van der Waals surface area contributed by atoms with Gasteiger partial charge in [0.25, 0.3) is 0 Å². The number of methoxy groups -OCH3 is 2. The van der Waals surface area contributed by atoms with Crippen molar-refractivity contribution in [2.24, 2.45) is 5.92 Å². The normalized spacial score (nSPS) is 11.5. The molecular weight excluding hydrogens is 402 g/mol. The van der Waals surface area contributed by atoms with Crippen molar-refractivity contribution in [2.75, 3.05) is 19.5 Å². The number of amides is 1. The second-order valence-electron chi connectivity index (χ2n) is 5.65. The molecule has 2 N–H and O–H groups in total. The Kier molecular flexibility index (Phi) is 7.03. The number of para-hydroxylation sites is 1. The van der Waals surface area contributed by atoms with E-state index in [0.29, 0.717) is 23.6 Å². The molecule has 0 spiro atoms. The quantitative estimate of drug-likeness (QED) is 0.677. The van der Waals surface area contributed by atoms with Gasteiger partial charge in [-0.1, -0.05) is 34.1 Å². The number of rotatable bonds is 8. The molecule has 7 heteroatoms. The molecule has 0 aliphatic rings. The third-order valence-electron chi connectivity index (χ3n) is 3.86. The Balaban J connectivity index is 2.24. The van der Waals surface area contributed by atoms with E-state index in [2.05, 4.69) is 21.2 Å². The summed E-state index contributed by atoms with van der Waals surface area (Å²) in [7, 11) is 2.97. The molecule has 0 saturated heterocycles. The van der Waals surface area contributed by atoms with E-state index < -0.39 is 17.8 Å². The first-order valence-corrected chi connectivity index (χ1v) is 8.72. The number of carboxylic acid groups (broad SMARTS) is 1. The number of halogens is 1. The number of anilines is 1. The van der Waals surface area contributed by atoms with Gasteiger partial charge in [0.15, 0.2) is 0 Å². The van der Waals surface area contributed by atoms with E-state index in [1.54, 1.807) is 18.2 Å². The van der Waals surface area contributed by atoms with Gasteiger partial charge in [0, 0.05) is 4.47 Å². The van der Waals surface area contributed by atoms with Gasteiger partial charge >= 0.3 is 5.97 Å². The lowest BCUT2D eigenvalue weighted by atomic mass is 9.95. The lowest BCUT2D eigenvalue weighted by molar-refractivity contribution is -0.140. The minimum atomic E-state index is -1.03. The summed E-state index contributed by atoms with van der Waals surface area (Å²) in [4.78, 5) is 24.0. The maximum Gasteiger partial charge on any atom is 0.304 e. The van der Waals surface area contributed by atoms with Gasteiger partial charge in [0.1, 0.15) is 17.2 Å². The second-order valence-corrected chi connectivity index (χ2v) is 6.57. The zero-order chi connectivity index (χ0) is 19.1. The molecule has 0 radical (unpaired) electrons. The van der Waals surface area contributed by atoms with Crippen LogP contribution in [0.4, 0.5) is 5.69 Å². The van der Waals surface area contributed by atoms with Gasteiger partial charge in [-0.25, -0.2) is 0 Å². The first-order valence-electron chi connectivity index (χ1n) is 7.92. The van der Waals surface area contributed by atoms with Crippen LogP contribution in [-0.2, 0) is 16.0 Å². The molecule has 2 aromatic rings. The molecule has 6 nitrogen and oxygen atoms in total. The largest absolute Gasteiger partial charge is 0.494 e. The van der Waals surface area contributed by atoms with Crippen LogP contribution in [0.15, 0.2) is 46.9 Å². The highest BCUT2D eigenvalue weighted by atomic mass is 79.9. The first kappa shape index (κ1) is 19.8. The summed E-state index contributed by atoms with van der Waals surface area (Å²) in [6.07, 6.45) is 0.0300. The zero-order valence-corrected chi connectivity index (χ0v) is 16.1. The van der Waals surface area contributed by atoms with Crippen molar-refractivity contribution >= 4 is 33.5 Å². The van der Waals surface area contributed by atoms with Crippen LogP contribution in [0.5, 0.6) is 11.5 Å². The first-order chi connectivity index (χ1) is 12.4. The Morgan fingerprint density at radius 1 is 1.08 bits per heavy atom. The lowest BCUT2D eigenvalue weighted by Crippen LogP contribution is -2.27. The number of carboxylic acids is 1. The molecular formula is C19H20BrNO5. The molecule has 0 aliphatic heterocycles. The Hall–Kier alpha value is -2.54. The zero-order valence-electron chi connectivity index (χ0n) is 14.5. The number of aliphatic carboxylic acids is 1. The number of benzene rings is 2. The smallest absolute Gasteiger partial charge is 0.304 e. The van der Waals surface area contributed by atoms with Gasteiger partial charge in [0.05, 0.1) is 26.6 Å². The Morgan fingerprint density at radius 2 is 1.65 bits per heavy atom. The predicted octanol–water partition coefficient (Wildman–Crippen LogP) is 3.74. The number of carbonyl (C=O) groups is 2. The summed E-state index contributed by atoms with van der Waals surface area (Å²) in [5.74, 6) is -1.29. The van der Waals surface area contributed by atoms with Crippen molar-refractivity contribution in [2.45, 2.75) is 12.8 Å². The van der Waals surface area contributed by atoms with Gasteiger partial charge in [-0.05, 0) is 36.2 Å². The van der Waals surface area contributed by atoms with Gasteiger partial charge in [-0.3, -0.25) is 9.59 Å². The molecule has 0 saturated carbocycles. The van der Waals surface area contributed by atoms with Crippen molar-refractivity contribution in [1.29, 1.82) is 0 Å². The Labute approximate surface area is 160 Å². The summed E-state index contributed by atoms with van der Waals surface area (Å²) in [6.45, 7) is 0. The molecule has 0 heterocycles. The predicted molar refractivity (Wildman–Crippen MR) is 102 cm³/mol. The van der Waals surface area contributed by atoms with Crippen LogP contribution < -0.4 is 14.8 Å². The maximum absolute atomic E-state index is 12.8. The standard InChI is InChI=1S/C19H20BrNO5/c1-25-15-4-3-5-16(26-2)18(15)21-19(24)13(11-17(22)23)10-12-6-8-14(20)9-7-12/h3-9,13H,10-11H2,1-2H3,(H,21,24)(H,22,23)/t13-/m1/s1. The molecule has 138 valence electrons. The topological polar surface area (TPSA) is 84.9 Å². The molecule has 0 bridgehead atoms. The second kappa shape index (κ2) is 9.24. The molecule has 1 atom stereocenters. The fourth-order valence-electron chi connectivity index (χ4n) is 2.57. The molecule has 2 rings (SSSR count). The average molecular weight is 422 g/mol. The summed E-state index contributed by atoms with van der Waals surface area (Å²) >= 11 is 3.36. The van der Waals surface area contributed by atoms with Crippen molar-refractivity contribution < 1.29 is 24.2 Å². The number of ether oxygens (including phenoxy) is 2. The van der Waals surface area contributed by atoms with Crippen molar-refractivity contribution in [3.63, 3.8) is 0 Å². The Bertz CT molecular complexity index is 754. The van der Waals surface area contributed by atoms with Crippen molar-refractivity contribution in [1.82, 2.24) is 0 Å². The van der Waals surface area contributed by atoms with Crippen LogP contribution in [0.2, 0.25) is 0 Å². The van der Waals surface area contributed by atoms with Gasteiger partial charge in [0.2, 0.25) is 5.91 Å². The number of hydrogen-bond acceptors (Lipinski definition) is 4. The van der Waals surface area contributed by atoms with Gasteiger partial charge < -0.3 is 19.9 Å². The van der Waals surface area contributed by atoms with Crippen LogP contribution in [0, 0.1) is 5.92 Å². The third-order valence-corrected chi connectivity index (χ3v) is 4.39. The average Bonchev–Trinajstić information content (AvgIpc) is 2.62. The van der Waals surface area contributed by atoms with Gasteiger partial charge in [-0.15, -0.1) is 0 Å². The minimum absolute atomic E-state index is 0.278. The highest BCUT2D eigenvalue weighted by Gasteiger charge is 2.24. The van der Waals surface area contributed by atoms with E-state index in [0.717, 1.165) is 10.0 Å². The maximum atomic E-state index is 12.8. The van der Waals surface area contributed by atoms with Gasteiger partial charge in [-0.2, -0.15) is 0 Å². The summed E-state index contributed by atoms with van der Waals surface area (Å²) in [6, 6.07) is 12.6. The van der Waals surface area contributed by atoms with E-state index >= 15 is 0 Å². The number of carbonyl (C=O) groups excluding carboxylic acids is 1. The van der Waals surface area contributed by atoms with Crippen molar-refractivity contribution in [3.05, 3.63) is 52.5 Å². The number of nitrogens with one attached hydrogen (secondary N) is 1. The van der Waals surface area contributed by atoms with Crippen LogP contribution >= 0.6 is 15.9 Å². The summed E-state index contributed by atoms with van der Waals surface area (Å²) in [5, 5.41) is 11.9. The third kappa shape index (κ3) is 5.23. The molecule has 26 heavy (non-hydrogen) atoms. The van der Waals surface area contributed by atoms with E-state index in [-0.39, 0.29) is 6.42 Å². The van der Waals surface area contributed by atoms with Crippen LogP contribution in [0.3, 0.4) is 0 Å². The molecule has 0 fully saturated rings. The molecule has 2 aromatic carbocycles. The molecule has 1 amide bonds. The fourth-order valence-corrected chi connectivity index (χ4v) is 2.84. The molecule has 0 unspecified atom stereocenters. The van der Waals surface area contributed by atoms with E-state index in [1.807, 2.05) is 24.3 Å². The van der Waals surface area contributed by atoms with Crippen LogP contribution in [0.1, 0.15) is 12.0 Å². The molecule has 0 aliphatic carbocycles. The summed E-state index contributed by atoms with van der Waals surface area (Å²) in [5.41, 5.74) is 1.26. The van der Waals surface area contributed by atoms with E-state index in [9.17, 15) is 14.7 Å². The highest BCUT2D eigenvalue weighted by molar-refractivity contribution is 9.10. The van der Waals surface area contributed by atoms with E-state index in [4.69, 9.17) is 9.47 Å². The van der Waals surface area contributed by atoms with Crippen molar-refractivity contribution in [3.8, 4) is 11.5 Å². The molecule has 0 aromatic heterocycles. The highest BCUT2D eigenvalue weighted by Crippen LogP contribution is 2.34. The Morgan fingerprint density at radius 3 is 2.15 bits per heavy atom. The van der Waals surface area contributed by atoms with Crippen LogP contribution in [0.25, 0.3) is 0 Å². The monoisotopic (exact) mass is 421 g/mol. The lowest BCUT2D eigenvalue weighted by Gasteiger charge is -2.18. The summed E-state index contributed by atoms with van der Waals surface area (Å²) < 4.78 is 11.4. The number of hydrogen-bond donors (Lipinski definition) is 2. The van der Waals surface area contributed by atoms with Crippen LogP contribution in [-0.4, -0.2) is 31.2 Å². The minimum Gasteiger partial charge on any atom is -0.494 e. The van der Waals surface area contributed by atoms with E-state index in [1.165, 1.54) is 14.2 Å². The SMILES string of the molecule is COc1cccc(OC)c1NC(=O)[C@@H](CC(=O)O)Cc1ccc(Br)cc1.